The van der Waals surface area contributed by atoms with Crippen LogP contribution in [0.2, 0.25) is 0 Å². The van der Waals surface area contributed by atoms with Crippen molar-refractivity contribution in [1.82, 2.24) is 9.38 Å². The van der Waals surface area contributed by atoms with Gasteiger partial charge in [-0.3, -0.25) is 4.98 Å². The average molecular weight is 525 g/mol. The van der Waals surface area contributed by atoms with Crippen molar-refractivity contribution in [3.05, 3.63) is 83.6 Å². The smallest absolute Gasteiger partial charge is 0.0823 e. The van der Waals surface area contributed by atoms with Gasteiger partial charge in [0.15, 0.2) is 0 Å². The molecule has 0 aliphatic rings. The van der Waals surface area contributed by atoms with Gasteiger partial charge in [0.25, 0.3) is 0 Å². The van der Waals surface area contributed by atoms with E-state index in [9.17, 15) is 0 Å². The fraction of sp³-hybridized carbons (Fsp3) is 0.342. The van der Waals surface area contributed by atoms with Crippen LogP contribution >= 0.6 is 0 Å². The van der Waals surface area contributed by atoms with Gasteiger partial charge >= 0.3 is 0 Å². The van der Waals surface area contributed by atoms with Crippen molar-refractivity contribution in [3.63, 3.8) is 0 Å². The maximum absolute atomic E-state index is 5.09. The number of nitrogens with zero attached hydrogens (tertiary/aromatic N) is 2. The Bertz CT molecular complexity index is 2090. The molecule has 0 aliphatic heterocycles. The molecule has 0 fully saturated rings. The minimum Gasteiger partial charge on any atom is -0.308 e. The van der Waals surface area contributed by atoms with Gasteiger partial charge in [-0.2, -0.15) is 0 Å². The highest BCUT2D eigenvalue weighted by Gasteiger charge is 2.24. The second-order valence-electron chi connectivity index (χ2n) is 14.8. The summed E-state index contributed by atoms with van der Waals surface area (Å²) in [5.41, 5.74) is 9.64. The van der Waals surface area contributed by atoms with Crippen molar-refractivity contribution in [2.45, 2.75) is 74.1 Å². The zero-order valence-corrected chi connectivity index (χ0v) is 25.2. The summed E-state index contributed by atoms with van der Waals surface area (Å²) in [7, 11) is 0. The third-order valence-electron chi connectivity index (χ3n) is 8.55. The lowest BCUT2D eigenvalue weighted by Crippen LogP contribution is -2.12. The topological polar surface area (TPSA) is 17.3 Å². The van der Waals surface area contributed by atoms with Crippen LogP contribution in [0, 0.1) is 10.8 Å². The summed E-state index contributed by atoms with van der Waals surface area (Å²) in [6.07, 6.45) is 4.05. The Balaban J connectivity index is 1.74. The van der Waals surface area contributed by atoms with Crippen molar-refractivity contribution in [2.24, 2.45) is 10.8 Å². The molecule has 0 amide bonds. The van der Waals surface area contributed by atoms with E-state index in [-0.39, 0.29) is 10.8 Å². The van der Waals surface area contributed by atoms with E-state index >= 15 is 0 Å². The first-order chi connectivity index (χ1) is 18.9. The van der Waals surface area contributed by atoms with E-state index in [1.165, 1.54) is 70.9 Å². The summed E-state index contributed by atoms with van der Waals surface area (Å²) in [6.45, 7) is 18.6. The van der Waals surface area contributed by atoms with E-state index in [2.05, 4.69) is 120 Å². The van der Waals surface area contributed by atoms with Crippen LogP contribution in [0.4, 0.5) is 0 Å². The zero-order chi connectivity index (χ0) is 28.1. The summed E-state index contributed by atoms with van der Waals surface area (Å²) >= 11 is 0. The largest absolute Gasteiger partial charge is 0.308 e. The van der Waals surface area contributed by atoms with Crippen LogP contribution in [-0.2, 0) is 12.8 Å². The molecule has 2 nitrogen and oxygen atoms in total. The molecule has 0 unspecified atom stereocenters. The molecule has 0 spiro atoms. The number of pyridine rings is 2. The molecule has 0 saturated heterocycles. The number of aromatic nitrogens is 2. The van der Waals surface area contributed by atoms with Crippen molar-refractivity contribution >= 4 is 59.8 Å². The highest BCUT2D eigenvalue weighted by atomic mass is 14.9. The molecule has 2 heteroatoms. The van der Waals surface area contributed by atoms with E-state index in [1.807, 2.05) is 6.20 Å². The van der Waals surface area contributed by atoms with Crippen molar-refractivity contribution < 1.29 is 0 Å². The number of benzene rings is 4. The third kappa shape index (κ3) is 3.87. The molecular weight excluding hydrogens is 484 g/mol. The van der Waals surface area contributed by atoms with E-state index in [1.54, 1.807) is 0 Å². The monoisotopic (exact) mass is 524 g/mol. The normalized spacial score (nSPS) is 13.4. The van der Waals surface area contributed by atoms with E-state index in [0.717, 1.165) is 18.4 Å². The lowest BCUT2D eigenvalue weighted by atomic mass is 9.83. The standard InChI is InChI=1S/C38H40N2/c1-22(2)25-11-14-32-29(18-25)28-13-10-24-15-16-39-34-30-19-26-17-23(20-37(3,4)5)9-12-27(26)31(21-38(6,7)8)35(30)40(32)36(28)33(24)34/h9-19,22H,20-21H2,1-8H3. The van der Waals surface area contributed by atoms with E-state index < -0.39 is 0 Å². The highest BCUT2D eigenvalue weighted by Crippen LogP contribution is 2.44. The molecule has 7 rings (SSSR count). The van der Waals surface area contributed by atoms with Crippen LogP contribution in [0.25, 0.3) is 59.8 Å². The maximum atomic E-state index is 5.09. The third-order valence-corrected chi connectivity index (χ3v) is 8.55. The summed E-state index contributed by atoms with van der Waals surface area (Å²) < 4.78 is 2.59. The number of hydrogen-bond donors (Lipinski definition) is 0. The minimum absolute atomic E-state index is 0.134. The van der Waals surface area contributed by atoms with Gasteiger partial charge in [0.2, 0.25) is 0 Å². The second kappa shape index (κ2) is 8.43. The van der Waals surface area contributed by atoms with Crippen molar-refractivity contribution in [2.75, 3.05) is 0 Å². The van der Waals surface area contributed by atoms with Gasteiger partial charge in [-0.25, -0.2) is 0 Å². The average Bonchev–Trinajstić information content (AvgIpc) is 3.20. The van der Waals surface area contributed by atoms with Crippen LogP contribution in [0.15, 0.2) is 66.9 Å². The summed E-state index contributed by atoms with van der Waals surface area (Å²) in [6, 6.07) is 23.5. The van der Waals surface area contributed by atoms with Gasteiger partial charge < -0.3 is 4.40 Å². The second-order valence-corrected chi connectivity index (χ2v) is 14.8. The molecule has 202 valence electrons. The lowest BCUT2D eigenvalue weighted by Gasteiger charge is -2.24. The first-order valence-electron chi connectivity index (χ1n) is 14.8. The molecule has 3 heterocycles. The molecule has 0 atom stereocenters. The molecule has 0 radical (unpaired) electrons. The van der Waals surface area contributed by atoms with Crippen LogP contribution in [0.3, 0.4) is 0 Å². The van der Waals surface area contributed by atoms with E-state index in [0.29, 0.717) is 5.92 Å². The van der Waals surface area contributed by atoms with Gasteiger partial charge in [0.05, 0.1) is 22.1 Å². The van der Waals surface area contributed by atoms with Crippen LogP contribution in [0.1, 0.15) is 78.0 Å². The Kier molecular flexibility index (Phi) is 5.34. The lowest BCUT2D eigenvalue weighted by molar-refractivity contribution is 0.411. The van der Waals surface area contributed by atoms with Gasteiger partial charge in [0, 0.05) is 27.7 Å². The van der Waals surface area contributed by atoms with Gasteiger partial charge in [-0.15, -0.1) is 0 Å². The van der Waals surface area contributed by atoms with E-state index in [4.69, 9.17) is 4.98 Å². The fourth-order valence-electron chi connectivity index (χ4n) is 6.97. The Morgan fingerprint density at radius 1 is 0.675 bits per heavy atom. The fourth-order valence-corrected chi connectivity index (χ4v) is 6.97. The van der Waals surface area contributed by atoms with Gasteiger partial charge in [0.1, 0.15) is 0 Å². The Morgan fingerprint density at radius 3 is 2.15 bits per heavy atom. The molecule has 40 heavy (non-hydrogen) atoms. The van der Waals surface area contributed by atoms with Gasteiger partial charge in [-0.1, -0.05) is 91.8 Å². The molecule has 0 saturated carbocycles. The van der Waals surface area contributed by atoms with Gasteiger partial charge in [-0.05, 0) is 86.7 Å². The summed E-state index contributed by atoms with van der Waals surface area (Å²) in [4.78, 5) is 5.09. The predicted octanol–water partition coefficient (Wildman–Crippen LogP) is 10.8. The Morgan fingerprint density at radius 2 is 1.43 bits per heavy atom. The van der Waals surface area contributed by atoms with Crippen LogP contribution in [0.5, 0.6) is 0 Å². The maximum Gasteiger partial charge on any atom is 0.0823 e. The van der Waals surface area contributed by atoms with Crippen molar-refractivity contribution in [1.29, 1.82) is 0 Å². The number of hydrogen-bond acceptors (Lipinski definition) is 1. The Hall–Kier alpha value is -3.65. The molecule has 0 aliphatic carbocycles. The highest BCUT2D eigenvalue weighted by molar-refractivity contribution is 6.29. The number of fused-ring (bicyclic) bond motifs is 7. The summed E-state index contributed by atoms with van der Waals surface area (Å²) in [5.74, 6) is 0.487. The first-order valence-corrected chi connectivity index (χ1v) is 14.8. The number of rotatable bonds is 3. The minimum atomic E-state index is 0.134. The van der Waals surface area contributed by atoms with Crippen LogP contribution < -0.4 is 0 Å². The Labute approximate surface area is 237 Å². The molecule has 0 N–H and O–H groups in total. The zero-order valence-electron chi connectivity index (χ0n) is 25.2. The molecule has 0 bridgehead atoms. The molecule has 3 aromatic heterocycles. The predicted molar refractivity (Wildman–Crippen MR) is 174 cm³/mol. The first kappa shape index (κ1) is 25.3. The molecule has 7 aromatic rings. The van der Waals surface area contributed by atoms with Crippen LogP contribution in [-0.4, -0.2) is 9.38 Å². The quantitative estimate of drug-likeness (QED) is 0.166. The van der Waals surface area contributed by atoms with Crippen molar-refractivity contribution in [3.8, 4) is 0 Å². The summed E-state index contributed by atoms with van der Waals surface area (Å²) in [5, 5.41) is 9.16. The molecular formula is C38H40N2. The SMILES string of the molecule is CC(C)c1ccc2c(c1)c1ccc3ccnc4c5cc6cc(CC(C)(C)C)ccc6c(CC(C)(C)C)c5n2c1c34. The molecule has 4 aromatic carbocycles.